The summed E-state index contributed by atoms with van der Waals surface area (Å²) >= 11 is 7.33. The number of thiazole rings is 1. The van der Waals surface area contributed by atoms with E-state index in [9.17, 15) is 4.79 Å². The lowest BCUT2D eigenvalue weighted by atomic mass is 10.2. The highest BCUT2D eigenvalue weighted by Gasteiger charge is 2.15. The summed E-state index contributed by atoms with van der Waals surface area (Å²) in [6.45, 7) is 1.08. The standard InChI is InChI=1S/C18H14ClN3OS/c19-14-8-6-13(7-9-14)10-16-17(23)22-12-21(11-20-18(22)24-16)15-4-2-1-3-5-15/h1-10H,11-12H2/b16-10+. The van der Waals surface area contributed by atoms with Gasteiger partial charge in [-0.2, -0.15) is 0 Å². The van der Waals surface area contributed by atoms with Crippen LogP contribution in [0.2, 0.25) is 5.02 Å². The topological polar surface area (TPSA) is 37.6 Å². The van der Waals surface area contributed by atoms with Gasteiger partial charge in [-0.15, -0.1) is 0 Å². The van der Waals surface area contributed by atoms with Crippen LogP contribution in [0, 0.1) is 0 Å². The van der Waals surface area contributed by atoms with Gasteiger partial charge in [0, 0.05) is 10.7 Å². The summed E-state index contributed by atoms with van der Waals surface area (Å²) in [7, 11) is 0. The molecule has 0 bridgehead atoms. The summed E-state index contributed by atoms with van der Waals surface area (Å²) < 4.78 is 2.41. The van der Waals surface area contributed by atoms with E-state index in [-0.39, 0.29) is 5.56 Å². The zero-order valence-corrected chi connectivity index (χ0v) is 14.3. The third kappa shape index (κ3) is 2.88. The van der Waals surface area contributed by atoms with E-state index in [1.54, 1.807) is 4.57 Å². The number of nitrogens with zero attached hydrogens (tertiary/aromatic N) is 3. The first-order valence-electron chi connectivity index (χ1n) is 7.52. The second-order valence-corrected chi connectivity index (χ2v) is 6.94. The van der Waals surface area contributed by atoms with Gasteiger partial charge in [-0.3, -0.25) is 9.36 Å². The minimum atomic E-state index is -0.00525. The van der Waals surface area contributed by atoms with E-state index in [0.717, 1.165) is 16.1 Å². The molecule has 4 rings (SSSR count). The molecule has 0 spiro atoms. The SMILES string of the molecule is O=c1/c(=C\c2ccc(Cl)cc2)sc2n1CN(c1ccccc1)CN=2. The number of halogens is 1. The van der Waals surface area contributed by atoms with Crippen LogP contribution in [0.5, 0.6) is 0 Å². The van der Waals surface area contributed by atoms with Crippen LogP contribution in [-0.2, 0) is 6.67 Å². The smallest absolute Gasteiger partial charge is 0.271 e. The summed E-state index contributed by atoms with van der Waals surface area (Å²) in [6, 6.07) is 17.4. The third-order valence-corrected chi connectivity index (χ3v) is 5.16. The van der Waals surface area contributed by atoms with E-state index in [1.807, 2.05) is 60.7 Å². The Morgan fingerprint density at radius 2 is 1.83 bits per heavy atom. The van der Waals surface area contributed by atoms with E-state index in [4.69, 9.17) is 11.6 Å². The maximum Gasteiger partial charge on any atom is 0.271 e. The summed E-state index contributed by atoms with van der Waals surface area (Å²) in [4.78, 5) is 20.1. The van der Waals surface area contributed by atoms with E-state index in [2.05, 4.69) is 9.89 Å². The molecule has 0 saturated heterocycles. The second-order valence-electron chi connectivity index (χ2n) is 5.49. The number of anilines is 1. The van der Waals surface area contributed by atoms with Crippen molar-refractivity contribution in [1.82, 2.24) is 4.57 Å². The highest BCUT2D eigenvalue weighted by molar-refractivity contribution is 7.07. The first-order chi connectivity index (χ1) is 11.7. The summed E-state index contributed by atoms with van der Waals surface area (Å²) in [5.74, 6) is 0. The van der Waals surface area contributed by atoms with Gasteiger partial charge in [0.05, 0.1) is 4.53 Å². The van der Waals surface area contributed by atoms with Crippen LogP contribution < -0.4 is 19.8 Å². The lowest BCUT2D eigenvalue weighted by molar-refractivity contribution is 0.569. The molecule has 0 fully saturated rings. The first kappa shape index (κ1) is 15.2. The van der Waals surface area contributed by atoms with Crippen molar-refractivity contribution in [1.29, 1.82) is 0 Å². The summed E-state index contributed by atoms with van der Waals surface area (Å²) in [5, 5.41) is 0.683. The fraction of sp³-hybridized carbons (Fsp3) is 0.111. The molecule has 0 atom stereocenters. The van der Waals surface area contributed by atoms with Crippen LogP contribution in [0.3, 0.4) is 0 Å². The van der Waals surface area contributed by atoms with Gasteiger partial charge < -0.3 is 4.90 Å². The number of hydrogen-bond acceptors (Lipinski definition) is 4. The maximum absolute atomic E-state index is 12.7. The Labute approximate surface area is 147 Å². The lowest BCUT2D eigenvalue weighted by Gasteiger charge is -2.25. The number of fused-ring (bicyclic) bond motifs is 1. The van der Waals surface area contributed by atoms with Crippen LogP contribution in [0.4, 0.5) is 5.69 Å². The molecule has 0 N–H and O–H groups in total. The number of benzene rings is 2. The highest BCUT2D eigenvalue weighted by Crippen LogP contribution is 2.14. The molecule has 0 amide bonds. The molecule has 4 nitrogen and oxygen atoms in total. The van der Waals surface area contributed by atoms with Crippen molar-refractivity contribution in [3.8, 4) is 0 Å². The fourth-order valence-corrected chi connectivity index (χ4v) is 3.71. The molecule has 2 heterocycles. The number of hydrogen-bond donors (Lipinski definition) is 0. The average Bonchev–Trinajstić information content (AvgIpc) is 2.93. The molecule has 120 valence electrons. The molecular formula is C18H14ClN3OS. The van der Waals surface area contributed by atoms with Crippen LogP contribution in [0.1, 0.15) is 5.56 Å². The Balaban J connectivity index is 1.72. The Morgan fingerprint density at radius 3 is 2.58 bits per heavy atom. The summed E-state index contributed by atoms with van der Waals surface area (Å²) in [5.41, 5.74) is 2.01. The second kappa shape index (κ2) is 6.26. The van der Waals surface area contributed by atoms with Gasteiger partial charge in [0.2, 0.25) is 0 Å². The van der Waals surface area contributed by atoms with Gasteiger partial charge in [0.1, 0.15) is 13.3 Å². The molecular weight excluding hydrogens is 342 g/mol. The van der Waals surface area contributed by atoms with E-state index in [0.29, 0.717) is 22.9 Å². The largest absolute Gasteiger partial charge is 0.334 e. The molecule has 1 aromatic heterocycles. The fourth-order valence-electron chi connectivity index (χ4n) is 2.62. The first-order valence-corrected chi connectivity index (χ1v) is 8.71. The number of aromatic nitrogens is 1. The van der Waals surface area contributed by atoms with Gasteiger partial charge in [-0.25, -0.2) is 4.99 Å². The van der Waals surface area contributed by atoms with E-state index in [1.165, 1.54) is 11.3 Å². The monoisotopic (exact) mass is 355 g/mol. The third-order valence-electron chi connectivity index (χ3n) is 3.87. The van der Waals surface area contributed by atoms with E-state index >= 15 is 0 Å². The van der Waals surface area contributed by atoms with Gasteiger partial charge in [-0.1, -0.05) is 53.3 Å². The molecule has 0 radical (unpaired) electrons. The van der Waals surface area contributed by atoms with Gasteiger partial charge in [0.15, 0.2) is 4.80 Å². The Bertz CT molecular complexity index is 1040. The van der Waals surface area contributed by atoms with Crippen molar-refractivity contribution in [3.63, 3.8) is 0 Å². The molecule has 0 saturated carbocycles. The van der Waals surface area contributed by atoms with Crippen LogP contribution in [0.25, 0.3) is 6.08 Å². The Kier molecular flexibility index (Phi) is 3.96. The van der Waals surface area contributed by atoms with Gasteiger partial charge >= 0.3 is 0 Å². The van der Waals surface area contributed by atoms with Crippen LogP contribution in [-0.4, -0.2) is 11.2 Å². The molecule has 6 heteroatoms. The van der Waals surface area contributed by atoms with Crippen molar-refractivity contribution in [2.24, 2.45) is 4.99 Å². The lowest BCUT2D eigenvalue weighted by Crippen LogP contribution is -2.42. The van der Waals surface area contributed by atoms with Gasteiger partial charge in [-0.05, 0) is 35.9 Å². The van der Waals surface area contributed by atoms with Crippen molar-refractivity contribution >= 4 is 34.7 Å². The molecule has 0 aliphatic carbocycles. The number of para-hydroxylation sites is 1. The molecule has 0 unspecified atom stereocenters. The number of rotatable bonds is 2. The Morgan fingerprint density at radius 1 is 1.08 bits per heavy atom. The molecule has 1 aliphatic rings. The van der Waals surface area contributed by atoms with Crippen LogP contribution >= 0.6 is 22.9 Å². The molecule has 2 aromatic carbocycles. The van der Waals surface area contributed by atoms with E-state index < -0.39 is 0 Å². The zero-order chi connectivity index (χ0) is 16.5. The maximum atomic E-state index is 12.7. The molecule has 24 heavy (non-hydrogen) atoms. The molecule has 3 aromatic rings. The predicted octanol–water partition coefficient (Wildman–Crippen LogP) is 2.45. The normalized spacial score (nSPS) is 14.4. The van der Waals surface area contributed by atoms with Crippen LogP contribution in [0.15, 0.2) is 64.4 Å². The van der Waals surface area contributed by atoms with Crippen molar-refractivity contribution in [2.45, 2.75) is 6.67 Å². The average molecular weight is 356 g/mol. The summed E-state index contributed by atoms with van der Waals surface area (Å²) in [6.07, 6.45) is 1.89. The highest BCUT2D eigenvalue weighted by atomic mass is 35.5. The van der Waals surface area contributed by atoms with Crippen molar-refractivity contribution in [2.75, 3.05) is 11.6 Å². The van der Waals surface area contributed by atoms with Crippen molar-refractivity contribution < 1.29 is 0 Å². The minimum absolute atomic E-state index is 0.00525. The Hall–Kier alpha value is -2.37. The quantitative estimate of drug-likeness (QED) is 0.708. The van der Waals surface area contributed by atoms with Gasteiger partial charge in [0.25, 0.3) is 5.56 Å². The minimum Gasteiger partial charge on any atom is -0.334 e. The van der Waals surface area contributed by atoms with Crippen molar-refractivity contribution in [3.05, 3.63) is 84.9 Å². The predicted molar refractivity (Wildman–Crippen MR) is 98.2 cm³/mol. The molecule has 1 aliphatic heterocycles. The zero-order valence-electron chi connectivity index (χ0n) is 12.7.